The van der Waals surface area contributed by atoms with Crippen molar-refractivity contribution in [2.75, 3.05) is 13.2 Å². The lowest BCUT2D eigenvalue weighted by Crippen LogP contribution is -2.35. The molecule has 4 nitrogen and oxygen atoms in total. The molecule has 1 aliphatic heterocycles. The van der Waals surface area contributed by atoms with E-state index in [0.717, 1.165) is 18.6 Å². The van der Waals surface area contributed by atoms with Crippen LogP contribution in [0.4, 0.5) is 0 Å². The summed E-state index contributed by atoms with van der Waals surface area (Å²) < 4.78 is 10.9. The van der Waals surface area contributed by atoms with Crippen molar-refractivity contribution in [1.29, 1.82) is 0 Å². The number of aromatic nitrogens is 1. The van der Waals surface area contributed by atoms with Crippen LogP contribution in [0.3, 0.4) is 0 Å². The molecule has 1 fully saturated rings. The molecule has 0 aromatic carbocycles. The first-order valence-electron chi connectivity index (χ1n) is 6.02. The van der Waals surface area contributed by atoms with Crippen molar-refractivity contribution in [3.05, 3.63) is 24.0 Å². The first-order valence-corrected chi connectivity index (χ1v) is 6.02. The second kappa shape index (κ2) is 5.02. The zero-order chi connectivity index (χ0) is 12.3. The molecule has 4 heteroatoms. The Morgan fingerprint density at radius 2 is 2.29 bits per heavy atom. The summed E-state index contributed by atoms with van der Waals surface area (Å²) in [7, 11) is 0. The molecule has 1 aliphatic rings. The van der Waals surface area contributed by atoms with Crippen LogP contribution < -0.4 is 4.74 Å². The summed E-state index contributed by atoms with van der Waals surface area (Å²) in [6, 6.07) is 1.85. The molecule has 1 saturated heterocycles. The van der Waals surface area contributed by atoms with Crippen molar-refractivity contribution >= 4 is 0 Å². The molecule has 1 unspecified atom stereocenters. The molecular weight excluding hydrogens is 218 g/mol. The Hall–Kier alpha value is -1.13. The standard InChI is InChI=1S/C13H19NO3/c1-10(2)17-12-6-11(7-14-8-12)13(15)4-3-5-16-9-13/h6-8,10,15H,3-5,9H2,1-2H3. The molecule has 1 atom stereocenters. The topological polar surface area (TPSA) is 51.6 Å². The first kappa shape index (κ1) is 12.3. The fourth-order valence-electron chi connectivity index (χ4n) is 2.02. The molecule has 0 amide bonds. The predicted octanol–water partition coefficient (Wildman–Crippen LogP) is 1.87. The molecule has 2 heterocycles. The van der Waals surface area contributed by atoms with Gasteiger partial charge in [0, 0.05) is 18.4 Å². The van der Waals surface area contributed by atoms with Gasteiger partial charge in [0.2, 0.25) is 0 Å². The molecule has 1 N–H and O–H groups in total. The van der Waals surface area contributed by atoms with Gasteiger partial charge in [0.25, 0.3) is 0 Å². The highest BCUT2D eigenvalue weighted by Gasteiger charge is 2.32. The van der Waals surface area contributed by atoms with E-state index in [2.05, 4.69) is 4.98 Å². The molecule has 17 heavy (non-hydrogen) atoms. The zero-order valence-electron chi connectivity index (χ0n) is 10.3. The van der Waals surface area contributed by atoms with Crippen LogP contribution in [-0.2, 0) is 10.3 Å². The summed E-state index contributed by atoms with van der Waals surface area (Å²) >= 11 is 0. The Bertz CT molecular complexity index is 373. The van der Waals surface area contributed by atoms with E-state index in [0.29, 0.717) is 18.8 Å². The molecule has 0 saturated carbocycles. The maximum absolute atomic E-state index is 10.5. The van der Waals surface area contributed by atoms with Crippen molar-refractivity contribution in [2.24, 2.45) is 0 Å². The summed E-state index contributed by atoms with van der Waals surface area (Å²) in [5.41, 5.74) is -0.142. The SMILES string of the molecule is CC(C)Oc1cncc(C2(O)CCCOC2)c1. The van der Waals surface area contributed by atoms with Gasteiger partial charge in [-0.05, 0) is 32.8 Å². The highest BCUT2D eigenvalue weighted by Crippen LogP contribution is 2.31. The Balaban J connectivity index is 2.19. The number of ether oxygens (including phenoxy) is 2. The maximum Gasteiger partial charge on any atom is 0.138 e. The predicted molar refractivity (Wildman–Crippen MR) is 64.0 cm³/mol. The lowest BCUT2D eigenvalue weighted by atomic mass is 9.89. The van der Waals surface area contributed by atoms with Gasteiger partial charge in [-0.3, -0.25) is 4.98 Å². The third-order valence-electron chi connectivity index (χ3n) is 2.84. The number of aliphatic hydroxyl groups is 1. The lowest BCUT2D eigenvalue weighted by molar-refractivity contribution is -0.0905. The molecule has 94 valence electrons. The van der Waals surface area contributed by atoms with Crippen molar-refractivity contribution in [1.82, 2.24) is 4.98 Å². The van der Waals surface area contributed by atoms with Crippen molar-refractivity contribution < 1.29 is 14.6 Å². The van der Waals surface area contributed by atoms with E-state index in [1.165, 1.54) is 0 Å². The van der Waals surface area contributed by atoms with E-state index in [-0.39, 0.29) is 6.10 Å². The normalized spacial score (nSPS) is 24.9. The van der Waals surface area contributed by atoms with Crippen LogP contribution in [0.25, 0.3) is 0 Å². The Labute approximate surface area is 102 Å². The minimum atomic E-state index is -0.915. The van der Waals surface area contributed by atoms with E-state index in [4.69, 9.17) is 9.47 Å². The van der Waals surface area contributed by atoms with Crippen molar-refractivity contribution in [3.63, 3.8) is 0 Å². The monoisotopic (exact) mass is 237 g/mol. The van der Waals surface area contributed by atoms with E-state index < -0.39 is 5.60 Å². The highest BCUT2D eigenvalue weighted by molar-refractivity contribution is 5.28. The van der Waals surface area contributed by atoms with E-state index in [1.807, 2.05) is 19.9 Å². The Morgan fingerprint density at radius 3 is 2.94 bits per heavy atom. The van der Waals surface area contributed by atoms with Gasteiger partial charge in [0.15, 0.2) is 0 Å². The summed E-state index contributed by atoms with van der Waals surface area (Å²) in [6.45, 7) is 4.98. The van der Waals surface area contributed by atoms with E-state index in [9.17, 15) is 5.11 Å². The van der Waals surface area contributed by atoms with Crippen LogP contribution >= 0.6 is 0 Å². The smallest absolute Gasteiger partial charge is 0.138 e. The molecule has 0 radical (unpaired) electrons. The van der Waals surface area contributed by atoms with Gasteiger partial charge in [-0.25, -0.2) is 0 Å². The Kier molecular flexibility index (Phi) is 3.64. The van der Waals surface area contributed by atoms with Crippen LogP contribution in [0.2, 0.25) is 0 Å². The highest BCUT2D eigenvalue weighted by atomic mass is 16.5. The van der Waals surface area contributed by atoms with E-state index in [1.54, 1.807) is 12.4 Å². The summed E-state index contributed by atoms with van der Waals surface area (Å²) in [5, 5.41) is 10.5. The molecule has 2 rings (SSSR count). The van der Waals surface area contributed by atoms with Gasteiger partial charge >= 0.3 is 0 Å². The lowest BCUT2D eigenvalue weighted by Gasteiger charge is -2.32. The van der Waals surface area contributed by atoms with Gasteiger partial charge in [-0.2, -0.15) is 0 Å². The van der Waals surface area contributed by atoms with Gasteiger partial charge in [0.05, 0.1) is 18.9 Å². The average Bonchev–Trinajstić information content (AvgIpc) is 2.29. The van der Waals surface area contributed by atoms with Gasteiger partial charge in [-0.1, -0.05) is 0 Å². The van der Waals surface area contributed by atoms with E-state index >= 15 is 0 Å². The maximum atomic E-state index is 10.5. The zero-order valence-corrected chi connectivity index (χ0v) is 10.3. The van der Waals surface area contributed by atoms with Crippen molar-refractivity contribution in [3.8, 4) is 5.75 Å². The van der Waals surface area contributed by atoms with Crippen LogP contribution in [0.1, 0.15) is 32.3 Å². The average molecular weight is 237 g/mol. The third kappa shape index (κ3) is 2.96. The minimum absolute atomic E-state index is 0.101. The minimum Gasteiger partial charge on any atom is -0.489 e. The molecule has 0 aliphatic carbocycles. The largest absolute Gasteiger partial charge is 0.489 e. The van der Waals surface area contributed by atoms with Crippen molar-refractivity contribution in [2.45, 2.75) is 38.4 Å². The van der Waals surface area contributed by atoms with Gasteiger partial charge in [0.1, 0.15) is 11.4 Å². The number of hydrogen-bond donors (Lipinski definition) is 1. The van der Waals surface area contributed by atoms with Crippen LogP contribution in [-0.4, -0.2) is 29.4 Å². The second-order valence-electron chi connectivity index (χ2n) is 4.76. The number of nitrogens with zero attached hydrogens (tertiary/aromatic N) is 1. The number of hydrogen-bond acceptors (Lipinski definition) is 4. The summed E-state index contributed by atoms with van der Waals surface area (Å²) in [4.78, 5) is 4.12. The van der Waals surface area contributed by atoms with Gasteiger partial charge in [-0.15, -0.1) is 0 Å². The quantitative estimate of drug-likeness (QED) is 0.872. The molecule has 1 aromatic heterocycles. The van der Waals surface area contributed by atoms with Crippen LogP contribution in [0, 0.1) is 0 Å². The molecular formula is C13H19NO3. The number of pyridine rings is 1. The fourth-order valence-corrected chi connectivity index (χ4v) is 2.02. The molecule has 0 bridgehead atoms. The second-order valence-corrected chi connectivity index (χ2v) is 4.76. The summed E-state index contributed by atoms with van der Waals surface area (Å²) in [6.07, 6.45) is 5.02. The third-order valence-corrected chi connectivity index (χ3v) is 2.84. The van der Waals surface area contributed by atoms with Crippen LogP contribution in [0.5, 0.6) is 5.75 Å². The summed E-state index contributed by atoms with van der Waals surface area (Å²) in [5.74, 6) is 0.691. The number of rotatable bonds is 3. The van der Waals surface area contributed by atoms with Gasteiger partial charge < -0.3 is 14.6 Å². The Morgan fingerprint density at radius 1 is 1.47 bits per heavy atom. The van der Waals surface area contributed by atoms with Crippen LogP contribution in [0.15, 0.2) is 18.5 Å². The first-order chi connectivity index (χ1) is 8.10. The fraction of sp³-hybridized carbons (Fsp3) is 0.615. The molecule has 1 aromatic rings. The molecule has 0 spiro atoms.